The Bertz CT molecular complexity index is 80.0. The van der Waals surface area contributed by atoms with Gasteiger partial charge in [-0.2, -0.15) is 0 Å². The van der Waals surface area contributed by atoms with E-state index in [1.54, 1.807) is 0 Å². The Hall–Kier alpha value is -0.520. The summed E-state index contributed by atoms with van der Waals surface area (Å²) in [4.78, 5) is 0. The maximum Gasteiger partial charge on any atom is -0.0351 e. The largest absolute Gasteiger partial charge is 0.103 e. The number of hydrogen-bond donors (Lipinski definition) is 0. The second-order valence-corrected chi connectivity index (χ2v) is 2.14. The summed E-state index contributed by atoms with van der Waals surface area (Å²) in [5.41, 5.74) is 0. The van der Waals surface area contributed by atoms with Gasteiger partial charge in [0.1, 0.15) is 0 Å². The summed E-state index contributed by atoms with van der Waals surface area (Å²) in [6, 6.07) is 0. The van der Waals surface area contributed by atoms with E-state index in [1.807, 2.05) is 6.08 Å². The summed E-state index contributed by atoms with van der Waals surface area (Å²) in [6.07, 6.45) is 11.3. The summed E-state index contributed by atoms with van der Waals surface area (Å²) in [5.74, 6) is 0. The highest BCUT2D eigenvalue weighted by atomic mass is 13.9. The van der Waals surface area contributed by atoms with Crippen molar-refractivity contribution >= 4 is 0 Å². The summed E-state index contributed by atoms with van der Waals surface area (Å²) in [7, 11) is 0. The minimum atomic E-state index is 1.16. The van der Waals surface area contributed by atoms with Gasteiger partial charge in [0.25, 0.3) is 0 Å². The molecule has 0 radical (unpaired) electrons. The van der Waals surface area contributed by atoms with E-state index in [2.05, 4.69) is 25.7 Å². The first-order valence-corrected chi connectivity index (χ1v) is 3.64. The number of hydrogen-bond acceptors (Lipinski definition) is 0. The monoisotopic (exact) mass is 124 g/mol. The Morgan fingerprint density at radius 3 is 2.44 bits per heavy atom. The summed E-state index contributed by atoms with van der Waals surface area (Å²) in [5, 5.41) is 0. The van der Waals surface area contributed by atoms with Crippen LogP contribution in [0.5, 0.6) is 0 Å². The zero-order chi connectivity index (χ0) is 6.95. The fourth-order valence-corrected chi connectivity index (χ4v) is 0.718. The maximum absolute atomic E-state index is 3.66. The van der Waals surface area contributed by atoms with Crippen LogP contribution in [-0.2, 0) is 0 Å². The maximum atomic E-state index is 3.66. The third kappa shape index (κ3) is 7.48. The first-order chi connectivity index (χ1) is 4.41. The minimum absolute atomic E-state index is 1.16. The number of rotatable bonds is 5. The zero-order valence-electron chi connectivity index (χ0n) is 6.27. The third-order valence-corrected chi connectivity index (χ3v) is 1.26. The van der Waals surface area contributed by atoms with E-state index in [0.717, 1.165) is 6.42 Å². The molecule has 0 aliphatic rings. The highest BCUT2D eigenvalue weighted by molar-refractivity contribution is 4.77. The van der Waals surface area contributed by atoms with Gasteiger partial charge >= 0.3 is 0 Å². The van der Waals surface area contributed by atoms with Gasteiger partial charge in [-0.05, 0) is 32.6 Å². The van der Waals surface area contributed by atoms with Crippen LogP contribution < -0.4 is 0 Å². The van der Waals surface area contributed by atoms with E-state index >= 15 is 0 Å². The Balaban J connectivity index is 2.82. The molecule has 0 rings (SSSR count). The molecular weight excluding hydrogens is 108 g/mol. The molecule has 0 heteroatoms. The topological polar surface area (TPSA) is 0 Å². The van der Waals surface area contributed by atoms with Crippen molar-refractivity contribution in [3.05, 3.63) is 24.8 Å². The highest BCUT2D eigenvalue weighted by Crippen LogP contribution is 2.00. The predicted molar refractivity (Wildman–Crippen MR) is 43.5 cm³/mol. The molecule has 0 bridgehead atoms. The van der Waals surface area contributed by atoms with Crippen LogP contribution in [0.4, 0.5) is 0 Å². The highest BCUT2D eigenvalue weighted by Gasteiger charge is 1.80. The Labute approximate surface area is 58.3 Å². The fraction of sp³-hybridized carbons (Fsp3) is 0.556. The summed E-state index contributed by atoms with van der Waals surface area (Å²) >= 11 is 0. The molecule has 0 amide bonds. The molecule has 0 heterocycles. The van der Waals surface area contributed by atoms with E-state index in [-0.39, 0.29) is 0 Å². The quantitative estimate of drug-likeness (QED) is 0.389. The lowest BCUT2D eigenvalue weighted by Gasteiger charge is -1.90. The van der Waals surface area contributed by atoms with Crippen molar-refractivity contribution in [3.63, 3.8) is 0 Å². The standard InChI is InChI=1S/C9H16/c1-3-5-7-9-8-6-4-2/h3-4,6H,1,5,7-9H2,2H3/b6-4-. The molecule has 52 valence electrons. The van der Waals surface area contributed by atoms with Crippen LogP contribution in [0, 0.1) is 0 Å². The van der Waals surface area contributed by atoms with Crippen LogP contribution in [-0.4, -0.2) is 0 Å². The molecule has 0 saturated heterocycles. The third-order valence-electron chi connectivity index (χ3n) is 1.26. The number of allylic oxidation sites excluding steroid dienone is 3. The molecular formula is C9H16. The van der Waals surface area contributed by atoms with E-state index in [9.17, 15) is 0 Å². The van der Waals surface area contributed by atoms with Gasteiger partial charge in [0, 0.05) is 0 Å². The van der Waals surface area contributed by atoms with Crippen molar-refractivity contribution < 1.29 is 0 Å². The average Bonchev–Trinajstić information content (AvgIpc) is 1.89. The summed E-state index contributed by atoms with van der Waals surface area (Å²) < 4.78 is 0. The molecule has 0 saturated carbocycles. The second-order valence-electron chi connectivity index (χ2n) is 2.14. The lowest BCUT2D eigenvalue weighted by molar-refractivity contribution is 0.762. The van der Waals surface area contributed by atoms with E-state index in [4.69, 9.17) is 0 Å². The molecule has 0 unspecified atom stereocenters. The van der Waals surface area contributed by atoms with Gasteiger partial charge < -0.3 is 0 Å². The molecule has 0 spiro atoms. The van der Waals surface area contributed by atoms with Crippen molar-refractivity contribution in [2.75, 3.05) is 0 Å². The van der Waals surface area contributed by atoms with Crippen LogP contribution in [0.2, 0.25) is 0 Å². The predicted octanol–water partition coefficient (Wildman–Crippen LogP) is 3.31. The average molecular weight is 124 g/mol. The normalized spacial score (nSPS) is 10.3. The van der Waals surface area contributed by atoms with Crippen LogP contribution >= 0.6 is 0 Å². The van der Waals surface area contributed by atoms with Crippen molar-refractivity contribution in [1.29, 1.82) is 0 Å². The number of unbranched alkanes of at least 4 members (excludes halogenated alkanes) is 3. The van der Waals surface area contributed by atoms with Gasteiger partial charge in [-0.25, -0.2) is 0 Å². The summed E-state index contributed by atoms with van der Waals surface area (Å²) in [6.45, 7) is 5.72. The van der Waals surface area contributed by atoms with E-state index in [0.29, 0.717) is 0 Å². The van der Waals surface area contributed by atoms with Gasteiger partial charge in [-0.1, -0.05) is 18.2 Å². The molecule has 0 nitrogen and oxygen atoms in total. The smallest absolute Gasteiger partial charge is 0.0351 e. The molecule has 0 aromatic rings. The van der Waals surface area contributed by atoms with Crippen molar-refractivity contribution in [3.8, 4) is 0 Å². The second kappa shape index (κ2) is 7.48. The van der Waals surface area contributed by atoms with Gasteiger partial charge in [0.2, 0.25) is 0 Å². The Morgan fingerprint density at radius 1 is 1.22 bits per heavy atom. The zero-order valence-corrected chi connectivity index (χ0v) is 6.27. The van der Waals surface area contributed by atoms with E-state index < -0.39 is 0 Å². The van der Waals surface area contributed by atoms with E-state index in [1.165, 1.54) is 19.3 Å². The molecule has 0 atom stereocenters. The lowest BCUT2D eigenvalue weighted by Crippen LogP contribution is -1.70. The van der Waals surface area contributed by atoms with Gasteiger partial charge in [0.15, 0.2) is 0 Å². The molecule has 0 aromatic heterocycles. The Morgan fingerprint density at radius 2 is 1.89 bits per heavy atom. The SMILES string of the molecule is C=CCCCC/C=C\C. The Kier molecular flexibility index (Phi) is 7.05. The van der Waals surface area contributed by atoms with Crippen LogP contribution in [0.3, 0.4) is 0 Å². The van der Waals surface area contributed by atoms with Crippen LogP contribution in [0.1, 0.15) is 32.6 Å². The lowest BCUT2D eigenvalue weighted by atomic mass is 10.2. The molecule has 9 heavy (non-hydrogen) atoms. The molecule has 0 aliphatic heterocycles. The minimum Gasteiger partial charge on any atom is -0.103 e. The molecule has 0 aromatic carbocycles. The molecule has 0 aliphatic carbocycles. The van der Waals surface area contributed by atoms with Crippen molar-refractivity contribution in [2.45, 2.75) is 32.6 Å². The van der Waals surface area contributed by atoms with Gasteiger partial charge in [-0.15, -0.1) is 6.58 Å². The molecule has 0 N–H and O–H groups in total. The van der Waals surface area contributed by atoms with Crippen LogP contribution in [0.15, 0.2) is 24.8 Å². The molecule has 0 fully saturated rings. The van der Waals surface area contributed by atoms with Crippen molar-refractivity contribution in [2.24, 2.45) is 0 Å². The first kappa shape index (κ1) is 8.48. The van der Waals surface area contributed by atoms with Gasteiger partial charge in [0.05, 0.1) is 0 Å². The van der Waals surface area contributed by atoms with Crippen LogP contribution in [0.25, 0.3) is 0 Å². The first-order valence-electron chi connectivity index (χ1n) is 3.64. The fourth-order valence-electron chi connectivity index (χ4n) is 0.718. The van der Waals surface area contributed by atoms with Crippen molar-refractivity contribution in [1.82, 2.24) is 0 Å². The van der Waals surface area contributed by atoms with Gasteiger partial charge in [-0.3, -0.25) is 0 Å².